The first-order valence-electron chi connectivity index (χ1n) is 6.78. The van der Waals surface area contributed by atoms with Crippen molar-refractivity contribution in [3.63, 3.8) is 0 Å². The molecular formula is C15H21ClN2O. The predicted molar refractivity (Wildman–Crippen MR) is 80.2 cm³/mol. The van der Waals surface area contributed by atoms with Crippen molar-refractivity contribution in [1.82, 2.24) is 4.90 Å². The summed E-state index contributed by atoms with van der Waals surface area (Å²) in [6.45, 7) is 0.636. The number of anilines is 1. The highest BCUT2D eigenvalue weighted by molar-refractivity contribution is 6.18. The molecule has 3 nitrogen and oxygen atoms in total. The van der Waals surface area contributed by atoms with E-state index in [0.717, 1.165) is 24.1 Å². The van der Waals surface area contributed by atoms with Gasteiger partial charge in [-0.2, -0.15) is 0 Å². The highest BCUT2D eigenvalue weighted by Crippen LogP contribution is 2.26. The van der Waals surface area contributed by atoms with E-state index in [1.165, 1.54) is 6.42 Å². The van der Waals surface area contributed by atoms with Gasteiger partial charge in [0.15, 0.2) is 0 Å². The van der Waals surface area contributed by atoms with Gasteiger partial charge < -0.3 is 9.80 Å². The van der Waals surface area contributed by atoms with Gasteiger partial charge in [-0.3, -0.25) is 4.79 Å². The van der Waals surface area contributed by atoms with Crippen LogP contribution in [0.15, 0.2) is 24.3 Å². The molecule has 0 spiro atoms. The van der Waals surface area contributed by atoms with E-state index in [4.69, 9.17) is 11.6 Å². The number of hydrogen-bond acceptors (Lipinski definition) is 2. The minimum atomic E-state index is 0.106. The molecule has 1 amide bonds. The number of carbonyl (C=O) groups excluding carboxylic acids is 1. The number of halogens is 1. The van der Waals surface area contributed by atoms with Crippen molar-refractivity contribution in [2.24, 2.45) is 0 Å². The Kier molecular flexibility index (Phi) is 4.70. The molecule has 4 heteroatoms. The second-order valence-corrected chi connectivity index (χ2v) is 5.59. The molecule has 1 saturated carbocycles. The molecule has 2 rings (SSSR count). The zero-order chi connectivity index (χ0) is 13.8. The quantitative estimate of drug-likeness (QED) is 0.774. The van der Waals surface area contributed by atoms with Gasteiger partial charge in [-0.15, -0.1) is 11.6 Å². The van der Waals surface area contributed by atoms with Gasteiger partial charge in [0.1, 0.15) is 0 Å². The number of amides is 1. The average molecular weight is 281 g/mol. The third-order valence-corrected chi connectivity index (χ3v) is 3.88. The Morgan fingerprint density at radius 3 is 2.63 bits per heavy atom. The summed E-state index contributed by atoms with van der Waals surface area (Å²) in [7, 11) is 3.96. The van der Waals surface area contributed by atoms with Crippen molar-refractivity contribution in [1.29, 1.82) is 0 Å². The molecule has 1 fully saturated rings. The van der Waals surface area contributed by atoms with Crippen molar-refractivity contribution < 1.29 is 4.79 Å². The van der Waals surface area contributed by atoms with E-state index in [2.05, 4.69) is 0 Å². The van der Waals surface area contributed by atoms with Gasteiger partial charge >= 0.3 is 0 Å². The molecule has 1 aromatic rings. The van der Waals surface area contributed by atoms with Crippen molar-refractivity contribution in [2.45, 2.75) is 25.3 Å². The lowest BCUT2D eigenvalue weighted by Gasteiger charge is -2.37. The van der Waals surface area contributed by atoms with E-state index in [1.54, 1.807) is 0 Å². The van der Waals surface area contributed by atoms with Crippen LogP contribution in [0.1, 0.15) is 29.6 Å². The number of hydrogen-bond donors (Lipinski definition) is 0. The Bertz CT molecular complexity index is 444. The number of rotatable bonds is 5. The van der Waals surface area contributed by atoms with Crippen LogP contribution in [0, 0.1) is 0 Å². The molecule has 1 aliphatic rings. The molecule has 0 unspecified atom stereocenters. The van der Waals surface area contributed by atoms with Gasteiger partial charge in [0.25, 0.3) is 5.91 Å². The molecule has 0 radical (unpaired) electrons. The van der Waals surface area contributed by atoms with Crippen molar-refractivity contribution >= 4 is 23.2 Å². The smallest absolute Gasteiger partial charge is 0.254 e. The zero-order valence-corrected chi connectivity index (χ0v) is 12.4. The van der Waals surface area contributed by atoms with Crippen LogP contribution < -0.4 is 4.90 Å². The van der Waals surface area contributed by atoms with E-state index >= 15 is 0 Å². The van der Waals surface area contributed by atoms with Crippen LogP contribution in [-0.2, 0) is 0 Å². The van der Waals surface area contributed by atoms with Crippen LogP contribution in [0.4, 0.5) is 5.69 Å². The minimum Gasteiger partial charge on any atom is -0.378 e. The van der Waals surface area contributed by atoms with Crippen molar-refractivity contribution in [3.05, 3.63) is 29.8 Å². The van der Waals surface area contributed by atoms with Crippen LogP contribution in [0.5, 0.6) is 0 Å². The normalized spacial score (nSPS) is 14.9. The molecule has 0 saturated heterocycles. The molecule has 0 heterocycles. The fourth-order valence-corrected chi connectivity index (χ4v) is 2.50. The summed E-state index contributed by atoms with van der Waals surface area (Å²) in [5.41, 5.74) is 1.80. The van der Waals surface area contributed by atoms with E-state index in [0.29, 0.717) is 18.5 Å². The summed E-state index contributed by atoms with van der Waals surface area (Å²) < 4.78 is 0. The molecule has 0 N–H and O–H groups in total. The first-order chi connectivity index (χ1) is 9.13. The van der Waals surface area contributed by atoms with E-state index in [1.807, 2.05) is 48.2 Å². The van der Waals surface area contributed by atoms with Gasteiger partial charge in [-0.05, 0) is 37.5 Å². The Hall–Kier alpha value is -1.22. The second-order valence-electron chi connectivity index (χ2n) is 5.22. The summed E-state index contributed by atoms with van der Waals surface area (Å²) in [5.74, 6) is 0.601. The first kappa shape index (κ1) is 14.2. The molecule has 19 heavy (non-hydrogen) atoms. The summed E-state index contributed by atoms with van der Waals surface area (Å²) >= 11 is 5.83. The standard InChI is InChI=1S/C15H21ClN2O/c1-17(2)14-8-3-5-12(11-14)15(19)18(10-9-16)13-6-4-7-13/h3,5,8,11,13H,4,6-7,9-10H2,1-2H3. The van der Waals surface area contributed by atoms with Gasteiger partial charge in [-0.25, -0.2) is 0 Å². The van der Waals surface area contributed by atoms with Crippen LogP contribution >= 0.6 is 11.6 Å². The van der Waals surface area contributed by atoms with Gasteiger partial charge in [0.2, 0.25) is 0 Å². The molecule has 0 aliphatic heterocycles. The van der Waals surface area contributed by atoms with Crippen LogP contribution in [0.25, 0.3) is 0 Å². The summed E-state index contributed by atoms with van der Waals surface area (Å²) in [4.78, 5) is 16.5. The van der Waals surface area contributed by atoms with Crippen molar-refractivity contribution in [3.8, 4) is 0 Å². The zero-order valence-electron chi connectivity index (χ0n) is 11.6. The Morgan fingerprint density at radius 2 is 2.11 bits per heavy atom. The fourth-order valence-electron chi connectivity index (χ4n) is 2.32. The lowest BCUT2D eigenvalue weighted by Crippen LogP contribution is -2.45. The van der Waals surface area contributed by atoms with Crippen LogP contribution in [0.2, 0.25) is 0 Å². The van der Waals surface area contributed by atoms with Gasteiger partial charge in [-0.1, -0.05) is 6.07 Å². The van der Waals surface area contributed by atoms with Gasteiger partial charge in [0, 0.05) is 43.8 Å². The molecule has 1 aliphatic carbocycles. The molecule has 0 atom stereocenters. The third kappa shape index (κ3) is 3.21. The summed E-state index contributed by atoms with van der Waals surface area (Å²) in [6, 6.07) is 8.15. The van der Waals surface area contributed by atoms with E-state index < -0.39 is 0 Å². The maximum absolute atomic E-state index is 12.6. The van der Waals surface area contributed by atoms with E-state index in [-0.39, 0.29) is 5.91 Å². The Labute approximate surface area is 120 Å². The summed E-state index contributed by atoms with van der Waals surface area (Å²) in [6.07, 6.45) is 3.43. The van der Waals surface area contributed by atoms with Gasteiger partial charge in [0.05, 0.1) is 0 Å². The number of nitrogens with zero attached hydrogens (tertiary/aromatic N) is 2. The van der Waals surface area contributed by atoms with Crippen LogP contribution in [0.3, 0.4) is 0 Å². The number of alkyl halides is 1. The fraction of sp³-hybridized carbons (Fsp3) is 0.533. The summed E-state index contributed by atoms with van der Waals surface area (Å²) in [5, 5.41) is 0. The molecule has 1 aromatic carbocycles. The highest BCUT2D eigenvalue weighted by Gasteiger charge is 2.28. The maximum Gasteiger partial charge on any atom is 0.254 e. The minimum absolute atomic E-state index is 0.106. The third-order valence-electron chi connectivity index (χ3n) is 3.71. The number of benzene rings is 1. The second kappa shape index (κ2) is 6.29. The lowest BCUT2D eigenvalue weighted by atomic mass is 9.91. The maximum atomic E-state index is 12.6. The molecule has 104 valence electrons. The molecule has 0 bridgehead atoms. The molecular weight excluding hydrogens is 260 g/mol. The number of carbonyl (C=O) groups is 1. The monoisotopic (exact) mass is 280 g/mol. The van der Waals surface area contributed by atoms with E-state index in [9.17, 15) is 4.79 Å². The van der Waals surface area contributed by atoms with Crippen molar-refractivity contribution in [2.75, 3.05) is 31.4 Å². The highest BCUT2D eigenvalue weighted by atomic mass is 35.5. The Morgan fingerprint density at radius 1 is 1.37 bits per heavy atom. The first-order valence-corrected chi connectivity index (χ1v) is 7.31. The largest absolute Gasteiger partial charge is 0.378 e. The predicted octanol–water partition coefficient (Wildman–Crippen LogP) is 2.99. The van der Waals surface area contributed by atoms with Crippen LogP contribution in [-0.4, -0.2) is 43.4 Å². The lowest BCUT2D eigenvalue weighted by molar-refractivity contribution is 0.0598. The average Bonchev–Trinajstić information content (AvgIpc) is 2.35. The Balaban J connectivity index is 2.18. The topological polar surface area (TPSA) is 23.6 Å². The molecule has 0 aromatic heterocycles. The SMILES string of the molecule is CN(C)c1cccc(C(=O)N(CCCl)C2CCC2)c1.